The summed E-state index contributed by atoms with van der Waals surface area (Å²) in [6, 6.07) is 8.28. The van der Waals surface area contributed by atoms with Gasteiger partial charge in [-0.25, -0.2) is 9.50 Å². The van der Waals surface area contributed by atoms with Crippen molar-refractivity contribution in [1.29, 1.82) is 0 Å². The normalized spacial score (nSPS) is 18.8. The molecule has 1 aliphatic rings. The van der Waals surface area contributed by atoms with E-state index in [2.05, 4.69) is 39.0 Å². The summed E-state index contributed by atoms with van der Waals surface area (Å²) in [4.78, 5) is 11.2. The molecule has 130 valence electrons. The van der Waals surface area contributed by atoms with Crippen LogP contribution in [0.25, 0.3) is 5.78 Å². The van der Waals surface area contributed by atoms with Gasteiger partial charge < -0.3 is 0 Å². The molecule has 6 heteroatoms. The Morgan fingerprint density at radius 1 is 1.28 bits per heavy atom. The van der Waals surface area contributed by atoms with Gasteiger partial charge in [0.05, 0.1) is 5.69 Å². The molecule has 0 spiro atoms. The van der Waals surface area contributed by atoms with Crippen molar-refractivity contribution in [1.82, 2.24) is 24.5 Å². The summed E-state index contributed by atoms with van der Waals surface area (Å²) in [7, 11) is 0. The number of rotatable bonds is 3. The predicted molar refractivity (Wildman–Crippen MR) is 99.0 cm³/mol. The molecule has 2 aromatic heterocycles. The van der Waals surface area contributed by atoms with Crippen LogP contribution in [0.5, 0.6) is 0 Å². The van der Waals surface area contributed by atoms with Crippen molar-refractivity contribution in [2.24, 2.45) is 0 Å². The van der Waals surface area contributed by atoms with Crippen LogP contribution in [-0.2, 0) is 6.54 Å². The Morgan fingerprint density at radius 2 is 2.16 bits per heavy atom. The molecule has 1 saturated heterocycles. The largest absolute Gasteiger partial charge is 0.298 e. The SMILES string of the molecule is Cc1cc(C2CCCN(Cc3c(C)cccc3Cl)C2)n2ncnc2n1. The zero-order chi connectivity index (χ0) is 17.4. The van der Waals surface area contributed by atoms with E-state index in [1.54, 1.807) is 6.33 Å². The second-order valence-electron chi connectivity index (χ2n) is 6.90. The van der Waals surface area contributed by atoms with E-state index in [4.69, 9.17) is 11.6 Å². The summed E-state index contributed by atoms with van der Waals surface area (Å²) in [5.74, 6) is 1.12. The standard InChI is InChI=1S/C19H22ClN5/c1-13-5-3-7-17(20)16(13)11-24-8-4-6-15(10-24)18-9-14(2)23-19-21-12-22-25(18)19/h3,5,7,9,12,15H,4,6,8,10-11H2,1-2H3. The quantitative estimate of drug-likeness (QED) is 0.717. The third-order valence-corrected chi connectivity index (χ3v) is 5.42. The van der Waals surface area contributed by atoms with E-state index < -0.39 is 0 Å². The number of hydrogen-bond donors (Lipinski definition) is 0. The van der Waals surface area contributed by atoms with Crippen LogP contribution in [0.1, 0.15) is 41.3 Å². The van der Waals surface area contributed by atoms with Gasteiger partial charge in [0.25, 0.3) is 5.78 Å². The summed E-state index contributed by atoms with van der Waals surface area (Å²) < 4.78 is 1.89. The molecule has 0 amide bonds. The van der Waals surface area contributed by atoms with E-state index in [1.807, 2.05) is 23.6 Å². The first-order chi connectivity index (χ1) is 12.1. The highest BCUT2D eigenvalue weighted by Crippen LogP contribution is 2.29. The molecule has 3 heterocycles. The molecule has 1 atom stereocenters. The first-order valence-electron chi connectivity index (χ1n) is 8.75. The van der Waals surface area contributed by atoms with Crippen molar-refractivity contribution in [3.05, 3.63) is 58.1 Å². The highest BCUT2D eigenvalue weighted by Gasteiger charge is 2.25. The Kier molecular flexibility index (Phi) is 4.44. The first kappa shape index (κ1) is 16.5. The average molecular weight is 356 g/mol. The molecule has 5 nitrogen and oxygen atoms in total. The van der Waals surface area contributed by atoms with Gasteiger partial charge in [-0.3, -0.25) is 4.90 Å². The van der Waals surface area contributed by atoms with Crippen LogP contribution in [0, 0.1) is 13.8 Å². The molecule has 1 fully saturated rings. The van der Waals surface area contributed by atoms with Gasteiger partial charge in [-0.05, 0) is 56.5 Å². The molecule has 0 N–H and O–H groups in total. The Hall–Kier alpha value is -1.98. The van der Waals surface area contributed by atoms with Gasteiger partial charge in [0, 0.05) is 29.7 Å². The second kappa shape index (κ2) is 6.73. The van der Waals surface area contributed by atoms with Gasteiger partial charge in [0.1, 0.15) is 6.33 Å². The van der Waals surface area contributed by atoms with Crippen LogP contribution in [-0.4, -0.2) is 37.6 Å². The highest BCUT2D eigenvalue weighted by atomic mass is 35.5. The van der Waals surface area contributed by atoms with Crippen molar-refractivity contribution in [3.63, 3.8) is 0 Å². The van der Waals surface area contributed by atoms with Crippen molar-refractivity contribution < 1.29 is 0 Å². The van der Waals surface area contributed by atoms with E-state index in [9.17, 15) is 0 Å². The van der Waals surface area contributed by atoms with Gasteiger partial charge in [-0.2, -0.15) is 10.1 Å². The molecule has 0 saturated carbocycles. The van der Waals surface area contributed by atoms with Gasteiger partial charge in [0.2, 0.25) is 0 Å². The van der Waals surface area contributed by atoms with Crippen molar-refractivity contribution in [2.45, 2.75) is 39.2 Å². The van der Waals surface area contributed by atoms with E-state index in [-0.39, 0.29) is 0 Å². The van der Waals surface area contributed by atoms with Crippen molar-refractivity contribution >= 4 is 17.4 Å². The zero-order valence-corrected chi connectivity index (χ0v) is 15.4. The van der Waals surface area contributed by atoms with Crippen LogP contribution in [0.3, 0.4) is 0 Å². The zero-order valence-electron chi connectivity index (χ0n) is 14.6. The number of piperidine rings is 1. The second-order valence-corrected chi connectivity index (χ2v) is 7.31. The monoisotopic (exact) mass is 355 g/mol. The Morgan fingerprint density at radius 3 is 3.00 bits per heavy atom. The van der Waals surface area contributed by atoms with E-state index >= 15 is 0 Å². The molecule has 1 aliphatic heterocycles. The molecule has 0 bridgehead atoms. The third-order valence-electron chi connectivity index (χ3n) is 5.07. The lowest BCUT2D eigenvalue weighted by molar-refractivity contribution is 0.197. The smallest absolute Gasteiger partial charge is 0.252 e. The number of aromatic nitrogens is 4. The maximum absolute atomic E-state index is 6.43. The fourth-order valence-electron chi connectivity index (χ4n) is 3.78. The van der Waals surface area contributed by atoms with Crippen LogP contribution in [0.4, 0.5) is 0 Å². The molecule has 0 aliphatic carbocycles. The topological polar surface area (TPSA) is 46.3 Å². The summed E-state index contributed by atoms with van der Waals surface area (Å²) in [6.45, 7) is 7.15. The molecule has 0 radical (unpaired) electrons. The van der Waals surface area contributed by atoms with E-state index in [0.29, 0.717) is 11.7 Å². The number of nitrogens with zero attached hydrogens (tertiary/aromatic N) is 5. The molecule has 1 aromatic carbocycles. The molecular formula is C19H22ClN5. The number of likely N-dealkylation sites (tertiary alicyclic amines) is 1. The maximum Gasteiger partial charge on any atom is 0.252 e. The number of hydrogen-bond acceptors (Lipinski definition) is 4. The van der Waals surface area contributed by atoms with E-state index in [1.165, 1.54) is 23.2 Å². The van der Waals surface area contributed by atoms with Gasteiger partial charge in [-0.1, -0.05) is 23.7 Å². The summed E-state index contributed by atoms with van der Waals surface area (Å²) >= 11 is 6.43. The van der Waals surface area contributed by atoms with E-state index in [0.717, 1.165) is 36.8 Å². The molecular weight excluding hydrogens is 334 g/mol. The number of aryl methyl sites for hydroxylation is 2. The lowest BCUT2D eigenvalue weighted by atomic mass is 9.93. The van der Waals surface area contributed by atoms with Gasteiger partial charge in [-0.15, -0.1) is 0 Å². The highest BCUT2D eigenvalue weighted by molar-refractivity contribution is 6.31. The summed E-state index contributed by atoms with van der Waals surface area (Å²) in [5.41, 5.74) is 4.70. The van der Waals surface area contributed by atoms with Gasteiger partial charge >= 0.3 is 0 Å². The average Bonchev–Trinajstić information content (AvgIpc) is 3.06. The summed E-state index contributed by atoms with van der Waals surface area (Å²) in [5, 5.41) is 5.24. The molecule has 1 unspecified atom stereocenters. The minimum atomic E-state index is 0.433. The first-order valence-corrected chi connectivity index (χ1v) is 9.13. The van der Waals surface area contributed by atoms with Crippen LogP contribution >= 0.6 is 11.6 Å². The summed E-state index contributed by atoms with van der Waals surface area (Å²) in [6.07, 6.45) is 3.92. The van der Waals surface area contributed by atoms with Crippen molar-refractivity contribution in [3.8, 4) is 0 Å². The minimum Gasteiger partial charge on any atom is -0.298 e. The fraction of sp³-hybridized carbons (Fsp3) is 0.421. The fourth-order valence-corrected chi connectivity index (χ4v) is 4.06. The third kappa shape index (κ3) is 3.26. The van der Waals surface area contributed by atoms with Crippen LogP contribution in [0.2, 0.25) is 5.02 Å². The lowest BCUT2D eigenvalue weighted by Gasteiger charge is -2.33. The van der Waals surface area contributed by atoms with Crippen LogP contribution in [0.15, 0.2) is 30.6 Å². The number of fused-ring (bicyclic) bond motifs is 1. The van der Waals surface area contributed by atoms with Crippen LogP contribution < -0.4 is 0 Å². The number of benzene rings is 1. The number of halogens is 1. The minimum absolute atomic E-state index is 0.433. The predicted octanol–water partition coefficient (Wildman–Crippen LogP) is 3.77. The molecule has 4 rings (SSSR count). The molecule has 3 aromatic rings. The maximum atomic E-state index is 6.43. The molecule has 25 heavy (non-hydrogen) atoms. The Bertz CT molecular complexity index is 884. The lowest BCUT2D eigenvalue weighted by Crippen LogP contribution is -2.35. The van der Waals surface area contributed by atoms with Gasteiger partial charge in [0.15, 0.2) is 0 Å². The Labute approximate surface area is 152 Å². The van der Waals surface area contributed by atoms with Crippen molar-refractivity contribution in [2.75, 3.05) is 13.1 Å². The Balaban J connectivity index is 1.59.